The number of fused-ring (bicyclic) bond motifs is 4. The molecule has 3 aromatic carbocycles. The van der Waals surface area contributed by atoms with Gasteiger partial charge in [-0.05, 0) is 22.4 Å². The number of para-hydroxylation sites is 1. The van der Waals surface area contributed by atoms with Crippen LogP contribution < -0.4 is 0 Å². The number of carbonyl (C=O) groups is 2. The van der Waals surface area contributed by atoms with Gasteiger partial charge in [0.05, 0.1) is 6.42 Å². The minimum absolute atomic E-state index is 0.0558. The van der Waals surface area contributed by atoms with Crippen molar-refractivity contribution in [1.29, 1.82) is 0 Å². The van der Waals surface area contributed by atoms with Gasteiger partial charge in [-0.15, -0.1) is 0 Å². The zero-order chi connectivity index (χ0) is 20.7. The van der Waals surface area contributed by atoms with E-state index >= 15 is 0 Å². The van der Waals surface area contributed by atoms with Crippen LogP contribution in [0.25, 0.3) is 21.7 Å². The number of carbonyl (C=O) groups excluding carboxylic acids is 1. The smallest absolute Gasteiger partial charge is 0.323 e. The zero-order valence-electron chi connectivity index (χ0n) is 16.5. The molecule has 150 valence electrons. The Morgan fingerprint density at radius 3 is 2.47 bits per heavy atom. The lowest BCUT2D eigenvalue weighted by molar-refractivity contribution is -0.137. The second kappa shape index (κ2) is 7.34. The molecule has 4 aromatic rings. The number of nitrogens with zero attached hydrogens (tertiary/aromatic N) is 2. The van der Waals surface area contributed by atoms with Crippen LogP contribution in [-0.2, 0) is 35.5 Å². The molecular weight excluding hydrogens is 376 g/mol. The molecule has 1 amide bonds. The number of hydrogen-bond acceptors (Lipinski definition) is 2. The number of rotatable bonds is 4. The lowest BCUT2D eigenvalue weighted by Gasteiger charge is -2.28. The van der Waals surface area contributed by atoms with Crippen LogP contribution in [0.15, 0.2) is 66.7 Å². The average molecular weight is 398 g/mol. The van der Waals surface area contributed by atoms with E-state index in [-0.39, 0.29) is 12.5 Å². The fourth-order valence-corrected chi connectivity index (χ4v) is 4.65. The van der Waals surface area contributed by atoms with Crippen molar-refractivity contribution < 1.29 is 14.7 Å². The first kappa shape index (κ1) is 18.4. The molecule has 0 fully saturated rings. The van der Waals surface area contributed by atoms with Crippen LogP contribution in [-0.4, -0.2) is 33.0 Å². The fraction of sp³-hybridized carbons (Fsp3) is 0.200. The molecule has 0 aliphatic carbocycles. The molecule has 2 heterocycles. The van der Waals surface area contributed by atoms with Gasteiger partial charge in [0.15, 0.2) is 0 Å². The van der Waals surface area contributed by atoms with Crippen LogP contribution >= 0.6 is 0 Å². The van der Waals surface area contributed by atoms with E-state index in [2.05, 4.69) is 18.2 Å². The Balaban J connectivity index is 1.45. The van der Waals surface area contributed by atoms with Gasteiger partial charge >= 0.3 is 5.97 Å². The summed E-state index contributed by atoms with van der Waals surface area (Å²) in [6, 6.07) is 22.1. The maximum atomic E-state index is 13.2. The largest absolute Gasteiger partial charge is 0.480 e. The number of aromatic nitrogens is 1. The van der Waals surface area contributed by atoms with E-state index in [0.717, 1.165) is 38.5 Å². The second-order valence-electron chi connectivity index (χ2n) is 7.80. The normalized spacial score (nSPS) is 13.5. The summed E-state index contributed by atoms with van der Waals surface area (Å²) in [5.41, 5.74) is 4.07. The quantitative estimate of drug-likeness (QED) is 0.565. The van der Waals surface area contributed by atoms with Gasteiger partial charge in [-0.2, -0.15) is 0 Å². The maximum Gasteiger partial charge on any atom is 0.323 e. The van der Waals surface area contributed by atoms with Crippen molar-refractivity contribution in [2.45, 2.75) is 25.9 Å². The number of carboxylic acid groups (broad SMARTS) is 1. The van der Waals surface area contributed by atoms with Gasteiger partial charge in [0.25, 0.3) is 0 Å². The molecular formula is C25H22N2O3. The summed E-state index contributed by atoms with van der Waals surface area (Å²) in [6.07, 6.45) is 1.03. The molecule has 1 aromatic heterocycles. The lowest BCUT2D eigenvalue weighted by Crippen LogP contribution is -2.37. The molecule has 0 saturated heterocycles. The standard InChI is InChI=1S/C25H22N2O3/c28-24(14-18-8-5-7-17-6-1-2-9-19(17)18)26-13-12-23-21(15-26)20-10-3-4-11-22(20)27(23)16-25(29)30/h1-11H,12-16H2,(H,29,30). The Bertz CT molecular complexity index is 1280. The summed E-state index contributed by atoms with van der Waals surface area (Å²) < 4.78 is 1.89. The summed E-state index contributed by atoms with van der Waals surface area (Å²) in [7, 11) is 0. The highest BCUT2D eigenvalue weighted by Gasteiger charge is 2.27. The highest BCUT2D eigenvalue weighted by Crippen LogP contribution is 2.31. The van der Waals surface area contributed by atoms with E-state index in [1.807, 2.05) is 58.0 Å². The number of hydrogen-bond donors (Lipinski definition) is 1. The van der Waals surface area contributed by atoms with Crippen LogP contribution in [0.3, 0.4) is 0 Å². The fourth-order valence-electron chi connectivity index (χ4n) is 4.65. The van der Waals surface area contributed by atoms with E-state index in [4.69, 9.17) is 0 Å². The Hall–Kier alpha value is -3.60. The van der Waals surface area contributed by atoms with Crippen LogP contribution in [0, 0.1) is 0 Å². The van der Waals surface area contributed by atoms with Gasteiger partial charge in [-0.1, -0.05) is 60.7 Å². The molecule has 1 aliphatic rings. The van der Waals surface area contributed by atoms with Crippen molar-refractivity contribution in [2.75, 3.05) is 6.54 Å². The Morgan fingerprint density at radius 2 is 1.63 bits per heavy atom. The molecule has 1 aliphatic heterocycles. The Morgan fingerprint density at radius 1 is 0.900 bits per heavy atom. The monoisotopic (exact) mass is 398 g/mol. The SMILES string of the molecule is O=C(O)Cn1c2c(c3ccccc31)CN(C(=O)Cc1cccc3ccccc13)CC2. The summed E-state index contributed by atoms with van der Waals surface area (Å²) in [5, 5.41) is 12.6. The predicted molar refractivity (Wildman–Crippen MR) is 116 cm³/mol. The molecule has 0 atom stereocenters. The van der Waals surface area contributed by atoms with E-state index in [1.165, 1.54) is 0 Å². The van der Waals surface area contributed by atoms with E-state index in [9.17, 15) is 14.7 Å². The van der Waals surface area contributed by atoms with Crippen molar-refractivity contribution in [3.05, 3.63) is 83.6 Å². The van der Waals surface area contributed by atoms with Crippen molar-refractivity contribution in [3.8, 4) is 0 Å². The summed E-state index contributed by atoms with van der Waals surface area (Å²) in [6.45, 7) is 1.07. The average Bonchev–Trinajstić information content (AvgIpc) is 3.07. The third kappa shape index (κ3) is 3.12. The molecule has 0 spiro atoms. The molecule has 30 heavy (non-hydrogen) atoms. The van der Waals surface area contributed by atoms with Gasteiger partial charge in [0.1, 0.15) is 6.54 Å². The highest BCUT2D eigenvalue weighted by molar-refractivity contribution is 5.91. The van der Waals surface area contributed by atoms with Gasteiger partial charge < -0.3 is 14.6 Å². The van der Waals surface area contributed by atoms with E-state index < -0.39 is 5.97 Å². The number of benzene rings is 3. The number of amides is 1. The van der Waals surface area contributed by atoms with Crippen LogP contribution in [0.5, 0.6) is 0 Å². The van der Waals surface area contributed by atoms with Crippen molar-refractivity contribution in [1.82, 2.24) is 9.47 Å². The van der Waals surface area contributed by atoms with Crippen molar-refractivity contribution in [3.63, 3.8) is 0 Å². The molecule has 0 unspecified atom stereocenters. The first-order valence-corrected chi connectivity index (χ1v) is 10.2. The van der Waals surface area contributed by atoms with Crippen LogP contribution in [0.4, 0.5) is 0 Å². The summed E-state index contributed by atoms with van der Waals surface area (Å²) in [5.74, 6) is -0.750. The van der Waals surface area contributed by atoms with Crippen LogP contribution in [0.1, 0.15) is 16.8 Å². The minimum Gasteiger partial charge on any atom is -0.480 e. The van der Waals surface area contributed by atoms with Gasteiger partial charge in [0, 0.05) is 41.7 Å². The van der Waals surface area contributed by atoms with Crippen LogP contribution in [0.2, 0.25) is 0 Å². The zero-order valence-corrected chi connectivity index (χ0v) is 16.5. The van der Waals surface area contributed by atoms with E-state index in [0.29, 0.717) is 25.9 Å². The van der Waals surface area contributed by atoms with Gasteiger partial charge in [-0.3, -0.25) is 9.59 Å². The molecule has 1 N–H and O–H groups in total. The minimum atomic E-state index is -0.854. The third-order valence-corrected chi connectivity index (χ3v) is 6.03. The number of carboxylic acids is 1. The van der Waals surface area contributed by atoms with Gasteiger partial charge in [-0.25, -0.2) is 0 Å². The maximum absolute atomic E-state index is 13.2. The summed E-state index contributed by atoms with van der Waals surface area (Å²) in [4.78, 5) is 26.5. The Labute approximate surface area is 174 Å². The summed E-state index contributed by atoms with van der Waals surface area (Å²) >= 11 is 0. The molecule has 5 rings (SSSR count). The number of aliphatic carboxylic acids is 1. The molecule has 5 nitrogen and oxygen atoms in total. The second-order valence-corrected chi connectivity index (χ2v) is 7.80. The van der Waals surface area contributed by atoms with Crippen molar-refractivity contribution in [2.24, 2.45) is 0 Å². The Kier molecular flexibility index (Phi) is 4.51. The lowest BCUT2D eigenvalue weighted by atomic mass is 10.00. The highest BCUT2D eigenvalue weighted by atomic mass is 16.4. The topological polar surface area (TPSA) is 62.5 Å². The third-order valence-electron chi connectivity index (χ3n) is 6.03. The van der Waals surface area contributed by atoms with Crippen molar-refractivity contribution >= 4 is 33.6 Å². The molecule has 5 heteroatoms. The first-order valence-electron chi connectivity index (χ1n) is 10.2. The van der Waals surface area contributed by atoms with E-state index in [1.54, 1.807) is 0 Å². The molecule has 0 radical (unpaired) electrons. The predicted octanol–water partition coefficient (Wildman–Crippen LogP) is 4.01. The van der Waals surface area contributed by atoms with Gasteiger partial charge in [0.2, 0.25) is 5.91 Å². The first-order chi connectivity index (χ1) is 14.6. The molecule has 0 bridgehead atoms. The molecule has 0 saturated carbocycles.